The Kier molecular flexibility index (Phi) is 4.45. The van der Waals surface area contributed by atoms with Crippen LogP contribution in [0.25, 0.3) is 11.1 Å². The largest absolute Gasteiger partial charge is 0.500 e. The maximum Gasteiger partial charge on any atom is 0.352 e. The summed E-state index contributed by atoms with van der Waals surface area (Å²) in [7, 11) is 0. The van der Waals surface area contributed by atoms with Crippen LogP contribution in [0.15, 0.2) is 0 Å². The number of benzene rings is 2. The van der Waals surface area contributed by atoms with Gasteiger partial charge in [0.15, 0.2) is 23.3 Å². The summed E-state index contributed by atoms with van der Waals surface area (Å²) in [6.45, 7) is 0. The quantitative estimate of drug-likeness (QED) is 0.373. The van der Waals surface area contributed by atoms with Crippen LogP contribution in [0.1, 0.15) is 0 Å². The summed E-state index contributed by atoms with van der Waals surface area (Å²) < 4.78 is 96.4. The fourth-order valence-electron chi connectivity index (χ4n) is 2.02. The van der Waals surface area contributed by atoms with Gasteiger partial charge in [-0.25, -0.2) is 17.6 Å². The van der Waals surface area contributed by atoms with Crippen molar-refractivity contribution >= 4 is 11.4 Å². The number of hydrogen-bond acceptors (Lipinski definition) is 5. The Morgan fingerprint density at radius 2 is 0.885 bits per heavy atom. The predicted molar refractivity (Wildman–Crippen MR) is 66.6 cm³/mol. The van der Waals surface area contributed by atoms with Gasteiger partial charge in [0.2, 0.25) is 23.2 Å². The smallest absolute Gasteiger partial charge is 0.352 e. The van der Waals surface area contributed by atoms with Crippen LogP contribution in [0.5, 0.6) is 5.75 Å². The van der Waals surface area contributed by atoms with Gasteiger partial charge in [0, 0.05) is 0 Å². The van der Waals surface area contributed by atoms with Crippen LogP contribution in [0.3, 0.4) is 0 Å². The summed E-state index contributed by atoms with van der Waals surface area (Å²) in [5.41, 5.74) is -9.01. The third kappa shape index (κ3) is 2.46. The van der Waals surface area contributed by atoms with Gasteiger partial charge in [0.25, 0.3) is 0 Å². The van der Waals surface area contributed by atoms with Crippen LogP contribution < -0.4 is 0 Å². The highest BCUT2D eigenvalue weighted by Gasteiger charge is 2.39. The third-order valence-electron chi connectivity index (χ3n) is 3.13. The highest BCUT2D eigenvalue weighted by Crippen LogP contribution is 2.44. The van der Waals surface area contributed by atoms with E-state index in [1.165, 1.54) is 0 Å². The van der Waals surface area contributed by atoms with Gasteiger partial charge < -0.3 is 5.11 Å². The van der Waals surface area contributed by atoms with Gasteiger partial charge >= 0.3 is 11.4 Å². The zero-order chi connectivity index (χ0) is 20.1. The average Bonchev–Trinajstić information content (AvgIpc) is 2.54. The predicted octanol–water partition coefficient (Wildman–Crippen LogP) is 3.85. The second-order valence-corrected chi connectivity index (χ2v) is 4.51. The van der Waals surface area contributed by atoms with Crippen LogP contribution in [0.2, 0.25) is 0 Å². The molecular weight excluding hydrogens is 385 g/mol. The van der Waals surface area contributed by atoms with E-state index in [2.05, 4.69) is 0 Å². The molecule has 0 saturated heterocycles. The number of aromatic hydroxyl groups is 1. The molecule has 2 aromatic rings. The lowest BCUT2D eigenvalue weighted by atomic mass is 10.00. The van der Waals surface area contributed by atoms with E-state index in [9.17, 15) is 56.1 Å². The number of nitrogens with zero attached hydrogens (tertiary/aromatic N) is 2. The van der Waals surface area contributed by atoms with E-state index in [1.54, 1.807) is 0 Å². The maximum atomic E-state index is 14.0. The summed E-state index contributed by atoms with van der Waals surface area (Å²) >= 11 is 0. The molecule has 0 atom stereocenters. The highest BCUT2D eigenvalue weighted by molar-refractivity contribution is 5.73. The fraction of sp³-hybridized carbons (Fsp3) is 0. The standard InChI is InChI=1S/C12HF7N2O5/c13-3-1(4(14)8(18)10(7(3)17)20(23)24)2-5(15)9(19)11(21(25)26)12(22)6(2)16/h22H. The Morgan fingerprint density at radius 3 is 1.23 bits per heavy atom. The molecule has 0 spiro atoms. The molecule has 0 amide bonds. The summed E-state index contributed by atoms with van der Waals surface area (Å²) in [5.74, 6) is -20.8. The van der Waals surface area contributed by atoms with Gasteiger partial charge in [0.05, 0.1) is 21.0 Å². The topological polar surface area (TPSA) is 107 Å². The summed E-state index contributed by atoms with van der Waals surface area (Å²) in [5, 5.41) is 30.1. The lowest BCUT2D eigenvalue weighted by Crippen LogP contribution is -2.09. The van der Waals surface area contributed by atoms with Crippen molar-refractivity contribution in [2.45, 2.75) is 0 Å². The summed E-state index contributed by atoms with van der Waals surface area (Å²) in [6, 6.07) is 0. The van der Waals surface area contributed by atoms with Gasteiger partial charge in [-0.05, 0) is 0 Å². The Hall–Kier alpha value is -3.45. The fourth-order valence-corrected chi connectivity index (χ4v) is 2.02. The minimum absolute atomic E-state index is 1.77. The highest BCUT2D eigenvalue weighted by atomic mass is 19.2. The van der Waals surface area contributed by atoms with Crippen LogP contribution in [0, 0.1) is 60.9 Å². The lowest BCUT2D eigenvalue weighted by Gasteiger charge is -2.11. The van der Waals surface area contributed by atoms with E-state index < -0.39 is 78.8 Å². The average molecular weight is 386 g/mol. The number of phenolic OH excluding ortho intramolecular Hbond substituents is 1. The Bertz CT molecular complexity index is 857. The molecule has 0 saturated carbocycles. The number of nitro benzene ring substituents is 2. The monoisotopic (exact) mass is 386 g/mol. The number of phenols is 1. The molecule has 1 N–H and O–H groups in total. The van der Waals surface area contributed by atoms with Crippen LogP contribution in [0.4, 0.5) is 42.1 Å². The molecule has 0 aliphatic heterocycles. The number of nitro groups is 2. The molecule has 0 bridgehead atoms. The minimum atomic E-state index is -2.69. The van der Waals surface area contributed by atoms with E-state index in [0.29, 0.717) is 0 Å². The zero-order valence-corrected chi connectivity index (χ0v) is 11.6. The molecular formula is C12HF7N2O5. The molecule has 138 valence electrons. The Balaban J connectivity index is 3.05. The molecule has 0 fully saturated rings. The van der Waals surface area contributed by atoms with Crippen molar-refractivity contribution < 1.29 is 45.7 Å². The number of hydrogen-bond donors (Lipinski definition) is 1. The van der Waals surface area contributed by atoms with Crippen LogP contribution >= 0.6 is 0 Å². The van der Waals surface area contributed by atoms with E-state index in [1.807, 2.05) is 0 Å². The summed E-state index contributed by atoms with van der Waals surface area (Å²) in [4.78, 5) is 17.3. The normalized spacial score (nSPS) is 10.9. The first-order chi connectivity index (χ1) is 11.9. The maximum absolute atomic E-state index is 14.0. The van der Waals surface area contributed by atoms with Crippen molar-refractivity contribution in [1.82, 2.24) is 0 Å². The van der Waals surface area contributed by atoms with Crippen molar-refractivity contribution in [1.29, 1.82) is 0 Å². The van der Waals surface area contributed by atoms with Gasteiger partial charge in [-0.3, -0.25) is 20.2 Å². The first-order valence-electron chi connectivity index (χ1n) is 5.97. The van der Waals surface area contributed by atoms with E-state index in [4.69, 9.17) is 0 Å². The molecule has 7 nitrogen and oxygen atoms in total. The molecule has 14 heteroatoms. The van der Waals surface area contributed by atoms with Gasteiger partial charge in [-0.15, -0.1) is 0 Å². The molecule has 0 aliphatic carbocycles. The summed E-state index contributed by atoms with van der Waals surface area (Å²) in [6.07, 6.45) is 0. The molecule has 0 radical (unpaired) electrons. The van der Waals surface area contributed by atoms with Crippen LogP contribution in [-0.2, 0) is 0 Å². The van der Waals surface area contributed by atoms with Crippen LogP contribution in [-0.4, -0.2) is 15.0 Å². The second-order valence-electron chi connectivity index (χ2n) is 4.51. The zero-order valence-electron chi connectivity index (χ0n) is 11.6. The molecule has 2 rings (SSSR count). The van der Waals surface area contributed by atoms with E-state index >= 15 is 0 Å². The number of halogens is 7. The molecule has 0 unspecified atom stereocenters. The van der Waals surface area contributed by atoms with Crippen molar-refractivity contribution in [2.75, 3.05) is 0 Å². The van der Waals surface area contributed by atoms with Crippen molar-refractivity contribution in [2.24, 2.45) is 0 Å². The lowest BCUT2D eigenvalue weighted by molar-refractivity contribution is -0.390. The van der Waals surface area contributed by atoms with Crippen molar-refractivity contribution in [3.05, 3.63) is 60.9 Å². The minimum Gasteiger partial charge on any atom is -0.500 e. The molecule has 0 aliphatic rings. The van der Waals surface area contributed by atoms with Gasteiger partial charge in [-0.2, -0.15) is 13.2 Å². The first-order valence-corrected chi connectivity index (χ1v) is 5.97. The Morgan fingerprint density at radius 1 is 0.577 bits per heavy atom. The number of rotatable bonds is 3. The van der Waals surface area contributed by atoms with Crippen molar-refractivity contribution in [3.8, 4) is 16.9 Å². The van der Waals surface area contributed by atoms with E-state index in [-0.39, 0.29) is 0 Å². The first kappa shape index (κ1) is 18.9. The second kappa shape index (κ2) is 6.12. The Labute approximate surface area is 136 Å². The van der Waals surface area contributed by atoms with E-state index in [0.717, 1.165) is 0 Å². The SMILES string of the molecule is O=[N+]([O-])c1c(O)c(F)c(-c2c(F)c(F)c([N+](=O)[O-])c(F)c2F)c(F)c1F. The van der Waals surface area contributed by atoms with Crippen molar-refractivity contribution in [3.63, 3.8) is 0 Å². The van der Waals surface area contributed by atoms with Gasteiger partial charge in [-0.1, -0.05) is 0 Å². The van der Waals surface area contributed by atoms with Gasteiger partial charge in [0.1, 0.15) is 0 Å². The molecule has 0 heterocycles. The molecule has 2 aromatic carbocycles. The third-order valence-corrected chi connectivity index (χ3v) is 3.13. The molecule has 26 heavy (non-hydrogen) atoms. The molecule has 0 aromatic heterocycles.